The van der Waals surface area contributed by atoms with Gasteiger partial charge in [0, 0.05) is 24.2 Å². The molecule has 0 saturated heterocycles. The zero-order valence-corrected chi connectivity index (χ0v) is 11.2. The molecule has 1 aliphatic rings. The first kappa shape index (κ1) is 15.3. The number of nitro benzene ring substituents is 1. The van der Waals surface area contributed by atoms with Crippen LogP contribution in [0.15, 0.2) is 23.2 Å². The summed E-state index contributed by atoms with van der Waals surface area (Å²) in [6.45, 7) is -0.672. The van der Waals surface area contributed by atoms with E-state index < -0.39 is 17.5 Å². The minimum atomic E-state index is -3.31. The van der Waals surface area contributed by atoms with Crippen LogP contribution >= 0.6 is 0 Å². The zero-order chi connectivity index (χ0) is 15.5. The molecular weight excluding hydrogens is 284 g/mol. The van der Waals surface area contributed by atoms with E-state index >= 15 is 0 Å². The lowest BCUT2D eigenvalue weighted by Crippen LogP contribution is -2.27. The third kappa shape index (κ3) is 3.72. The van der Waals surface area contributed by atoms with Crippen LogP contribution in [0.2, 0.25) is 0 Å². The van der Waals surface area contributed by atoms with E-state index in [1.165, 1.54) is 12.1 Å². The minimum Gasteiger partial charge on any atom is -0.386 e. The van der Waals surface area contributed by atoms with Gasteiger partial charge in [-0.05, 0) is 18.4 Å². The smallest absolute Gasteiger partial charge is 0.296 e. The molecule has 0 saturated carbocycles. The average Bonchev–Trinajstić information content (AvgIpc) is 2.44. The molecule has 8 heteroatoms. The summed E-state index contributed by atoms with van der Waals surface area (Å²) >= 11 is 0. The Labute approximate surface area is 119 Å². The standard InChI is InChI=1S/C13H15F2N3O3/c14-13(15)8-21-7-12(16)17-5-1-2-9-3-4-10(18(19)20)6-11(9)13/h3-4,6H,1-2,5,7-8H2,(H2,16,17). The maximum absolute atomic E-state index is 14.2. The molecule has 0 bridgehead atoms. The van der Waals surface area contributed by atoms with Crippen molar-refractivity contribution < 1.29 is 18.4 Å². The Morgan fingerprint density at radius 3 is 2.90 bits per heavy atom. The normalized spacial score (nSPS) is 19.0. The maximum atomic E-state index is 14.2. The van der Waals surface area contributed by atoms with E-state index in [2.05, 4.69) is 4.99 Å². The lowest BCUT2D eigenvalue weighted by atomic mass is 9.97. The van der Waals surface area contributed by atoms with Gasteiger partial charge in [-0.1, -0.05) is 6.07 Å². The van der Waals surface area contributed by atoms with Crippen molar-refractivity contribution >= 4 is 11.5 Å². The maximum Gasteiger partial charge on any atom is 0.296 e. The monoisotopic (exact) mass is 299 g/mol. The highest BCUT2D eigenvalue weighted by Crippen LogP contribution is 2.34. The summed E-state index contributed by atoms with van der Waals surface area (Å²) < 4.78 is 33.3. The average molecular weight is 299 g/mol. The number of ether oxygens (including phenoxy) is 1. The summed E-state index contributed by atoms with van der Waals surface area (Å²) in [6.07, 6.45) is 0.876. The number of nitrogens with two attached hydrogens (primary N) is 1. The van der Waals surface area contributed by atoms with Crippen LogP contribution in [0.3, 0.4) is 0 Å². The number of hydrogen-bond donors (Lipinski definition) is 1. The number of halogens is 2. The van der Waals surface area contributed by atoms with Crippen LogP contribution < -0.4 is 5.73 Å². The molecule has 1 aromatic carbocycles. The fraction of sp³-hybridized carbons (Fsp3) is 0.462. The van der Waals surface area contributed by atoms with Gasteiger partial charge in [-0.15, -0.1) is 0 Å². The summed E-state index contributed by atoms with van der Waals surface area (Å²) in [4.78, 5) is 14.1. The topological polar surface area (TPSA) is 90.8 Å². The quantitative estimate of drug-likeness (QED) is 0.634. The third-order valence-corrected chi connectivity index (χ3v) is 3.15. The van der Waals surface area contributed by atoms with E-state index in [9.17, 15) is 18.9 Å². The van der Waals surface area contributed by atoms with Crippen molar-refractivity contribution in [3.8, 4) is 0 Å². The molecule has 0 amide bonds. The molecule has 114 valence electrons. The number of rotatable bonds is 1. The van der Waals surface area contributed by atoms with E-state index in [4.69, 9.17) is 10.5 Å². The second kappa shape index (κ2) is 6.13. The van der Waals surface area contributed by atoms with Crippen molar-refractivity contribution in [1.82, 2.24) is 0 Å². The van der Waals surface area contributed by atoms with Crippen molar-refractivity contribution in [2.75, 3.05) is 19.8 Å². The largest absolute Gasteiger partial charge is 0.386 e. The van der Waals surface area contributed by atoms with Gasteiger partial charge in [0.2, 0.25) is 0 Å². The Balaban J connectivity index is 2.39. The van der Waals surface area contributed by atoms with Crippen molar-refractivity contribution in [2.24, 2.45) is 10.7 Å². The molecule has 0 aromatic heterocycles. The van der Waals surface area contributed by atoms with Gasteiger partial charge in [-0.2, -0.15) is 8.78 Å². The SMILES string of the molecule is NC1=NCCCc2ccc([N+](=O)[O-])cc2C(F)(F)COC1. The van der Waals surface area contributed by atoms with Gasteiger partial charge in [0.25, 0.3) is 11.6 Å². The summed E-state index contributed by atoms with van der Waals surface area (Å²) in [5.41, 5.74) is 5.16. The Morgan fingerprint density at radius 1 is 1.43 bits per heavy atom. The van der Waals surface area contributed by atoms with E-state index in [1.807, 2.05) is 0 Å². The van der Waals surface area contributed by atoms with Gasteiger partial charge in [0.1, 0.15) is 19.0 Å². The minimum absolute atomic E-state index is 0.169. The number of alkyl halides is 2. The van der Waals surface area contributed by atoms with Gasteiger partial charge in [0.05, 0.1) is 4.92 Å². The molecule has 1 aliphatic heterocycles. The number of amidine groups is 1. The second-order valence-electron chi connectivity index (χ2n) is 4.77. The first-order valence-electron chi connectivity index (χ1n) is 6.42. The molecular formula is C13H15F2N3O3. The van der Waals surface area contributed by atoms with Crippen molar-refractivity contribution in [3.05, 3.63) is 39.4 Å². The molecule has 1 aromatic rings. The number of non-ortho nitro benzene ring substituents is 1. The Morgan fingerprint density at radius 2 is 2.19 bits per heavy atom. The predicted octanol–water partition coefficient (Wildman–Crippen LogP) is 2.01. The molecule has 1 heterocycles. The molecule has 0 aliphatic carbocycles. The van der Waals surface area contributed by atoms with Crippen LogP contribution in [0.25, 0.3) is 0 Å². The van der Waals surface area contributed by atoms with Crippen LogP contribution in [-0.4, -0.2) is 30.5 Å². The number of nitrogens with zero attached hydrogens (tertiary/aromatic N) is 2. The predicted molar refractivity (Wildman–Crippen MR) is 72.6 cm³/mol. The molecule has 0 fully saturated rings. The molecule has 0 spiro atoms. The third-order valence-electron chi connectivity index (χ3n) is 3.15. The molecule has 0 atom stereocenters. The van der Waals surface area contributed by atoms with Crippen LogP contribution in [0, 0.1) is 10.1 Å². The van der Waals surface area contributed by atoms with E-state index in [-0.39, 0.29) is 23.7 Å². The van der Waals surface area contributed by atoms with E-state index in [1.54, 1.807) is 0 Å². The summed E-state index contributed by atoms with van der Waals surface area (Å²) in [6, 6.07) is 3.51. The lowest BCUT2D eigenvalue weighted by Gasteiger charge is -2.19. The lowest BCUT2D eigenvalue weighted by molar-refractivity contribution is -0.385. The molecule has 2 rings (SSSR count). The van der Waals surface area contributed by atoms with Gasteiger partial charge < -0.3 is 10.5 Å². The number of aliphatic imine (C=N–C) groups is 1. The first-order chi connectivity index (χ1) is 9.90. The van der Waals surface area contributed by atoms with Crippen LogP contribution in [0.1, 0.15) is 17.5 Å². The van der Waals surface area contributed by atoms with Gasteiger partial charge >= 0.3 is 0 Å². The Hall–Kier alpha value is -2.09. The first-order valence-corrected chi connectivity index (χ1v) is 6.42. The fourth-order valence-corrected chi connectivity index (χ4v) is 2.14. The molecule has 0 radical (unpaired) electrons. The second-order valence-corrected chi connectivity index (χ2v) is 4.77. The van der Waals surface area contributed by atoms with E-state index in [0.717, 1.165) is 6.07 Å². The number of fused-ring (bicyclic) bond motifs is 1. The van der Waals surface area contributed by atoms with Crippen molar-refractivity contribution in [1.29, 1.82) is 0 Å². The van der Waals surface area contributed by atoms with Gasteiger partial charge in [0.15, 0.2) is 0 Å². The van der Waals surface area contributed by atoms with Crippen molar-refractivity contribution in [3.63, 3.8) is 0 Å². The molecule has 2 N–H and O–H groups in total. The number of nitro groups is 1. The highest BCUT2D eigenvalue weighted by molar-refractivity contribution is 5.81. The van der Waals surface area contributed by atoms with Crippen LogP contribution in [-0.2, 0) is 17.1 Å². The van der Waals surface area contributed by atoms with Gasteiger partial charge in [-0.25, -0.2) is 0 Å². The number of benzene rings is 1. The van der Waals surface area contributed by atoms with E-state index in [0.29, 0.717) is 24.9 Å². The highest BCUT2D eigenvalue weighted by Gasteiger charge is 2.35. The van der Waals surface area contributed by atoms with Crippen LogP contribution in [0.5, 0.6) is 0 Å². The van der Waals surface area contributed by atoms with Gasteiger partial charge in [-0.3, -0.25) is 15.1 Å². The Bertz CT molecular complexity index is 576. The zero-order valence-electron chi connectivity index (χ0n) is 11.2. The Kier molecular flexibility index (Phi) is 4.46. The van der Waals surface area contributed by atoms with Crippen LogP contribution in [0.4, 0.5) is 14.5 Å². The summed E-state index contributed by atoms with van der Waals surface area (Å²) in [5, 5.41) is 10.8. The van der Waals surface area contributed by atoms with Crippen molar-refractivity contribution in [2.45, 2.75) is 18.8 Å². The molecule has 21 heavy (non-hydrogen) atoms. The molecule has 6 nitrogen and oxygen atoms in total. The molecule has 0 unspecified atom stereocenters. The number of aryl methyl sites for hydroxylation is 1. The number of hydrogen-bond acceptors (Lipinski definition) is 5. The summed E-state index contributed by atoms with van der Waals surface area (Å²) in [7, 11) is 0. The highest BCUT2D eigenvalue weighted by atomic mass is 19.3. The fourth-order valence-electron chi connectivity index (χ4n) is 2.14. The summed E-state index contributed by atoms with van der Waals surface area (Å²) in [5.74, 6) is -3.14.